The van der Waals surface area contributed by atoms with E-state index in [4.69, 9.17) is 10.6 Å². The van der Waals surface area contributed by atoms with Crippen LogP contribution in [0.25, 0.3) is 10.4 Å². The van der Waals surface area contributed by atoms with Crippen molar-refractivity contribution in [2.45, 2.75) is 32.1 Å². The van der Waals surface area contributed by atoms with Crippen molar-refractivity contribution in [3.05, 3.63) is 10.4 Å². The maximum atomic E-state index is 11.1. The Morgan fingerprint density at radius 1 is 1.00 bits per heavy atom. The van der Waals surface area contributed by atoms with Gasteiger partial charge in [0.25, 0.3) is 0 Å². The molecule has 16 heavy (non-hydrogen) atoms. The maximum Gasteiger partial charge on any atom is 0.303 e. The molecule has 0 atom stereocenters. The number of carboxylic acids is 1. The summed E-state index contributed by atoms with van der Waals surface area (Å²) in [5, 5.41) is 11.5. The minimum atomic E-state index is -1.02. The summed E-state index contributed by atoms with van der Waals surface area (Å²) >= 11 is 0. The van der Waals surface area contributed by atoms with Crippen LogP contribution < -0.4 is 0 Å². The number of rotatable bonds is 9. The highest BCUT2D eigenvalue weighted by Crippen LogP contribution is 2.01. The molecular weight excluding hydrogens is 214 g/mol. The molecule has 1 N–H and O–H groups in total. The molecule has 88 valence electrons. The van der Waals surface area contributed by atoms with Gasteiger partial charge in [-0.2, -0.15) is 0 Å². The quantitative estimate of drug-likeness (QED) is 0.364. The second kappa shape index (κ2) is 8.43. The van der Waals surface area contributed by atoms with E-state index in [0.717, 1.165) is 0 Å². The van der Waals surface area contributed by atoms with Crippen LogP contribution in [0, 0.1) is 0 Å². The molecule has 0 saturated heterocycles. The summed E-state index contributed by atoms with van der Waals surface area (Å²) in [6.45, 7) is 0.0959. The minimum Gasteiger partial charge on any atom is -0.481 e. The summed E-state index contributed by atoms with van der Waals surface area (Å²) in [6.07, 6.45) is 0.0166. The fourth-order valence-corrected chi connectivity index (χ4v) is 0.995. The van der Waals surface area contributed by atoms with Crippen LogP contribution in [0.2, 0.25) is 0 Å². The van der Waals surface area contributed by atoms with E-state index in [9.17, 15) is 14.4 Å². The molecule has 0 saturated carbocycles. The zero-order valence-corrected chi connectivity index (χ0v) is 8.76. The first-order chi connectivity index (χ1) is 7.56. The molecule has 0 aromatic carbocycles. The summed E-state index contributed by atoms with van der Waals surface area (Å²) < 4.78 is 0. The summed E-state index contributed by atoms with van der Waals surface area (Å²) in [5.41, 5.74) is 7.96. The molecule has 0 aromatic rings. The lowest BCUT2D eigenvalue weighted by Gasteiger charge is -1.98. The average Bonchev–Trinajstić information content (AvgIpc) is 2.24. The predicted octanol–water partition coefficient (Wildman–Crippen LogP) is 1.47. The Hall–Kier alpha value is -1.88. The Morgan fingerprint density at radius 2 is 1.50 bits per heavy atom. The van der Waals surface area contributed by atoms with Gasteiger partial charge in [0.2, 0.25) is 0 Å². The number of azide groups is 1. The summed E-state index contributed by atoms with van der Waals surface area (Å²) in [4.78, 5) is 34.8. The van der Waals surface area contributed by atoms with E-state index < -0.39 is 5.97 Å². The molecule has 0 amide bonds. The predicted molar refractivity (Wildman–Crippen MR) is 54.7 cm³/mol. The van der Waals surface area contributed by atoms with E-state index in [0.29, 0.717) is 0 Å². The third-order valence-electron chi connectivity index (χ3n) is 1.85. The summed E-state index contributed by atoms with van der Waals surface area (Å²) in [7, 11) is 0. The monoisotopic (exact) mass is 227 g/mol. The fraction of sp³-hybridized carbons (Fsp3) is 0.667. The molecule has 0 fully saturated rings. The van der Waals surface area contributed by atoms with E-state index in [2.05, 4.69) is 10.0 Å². The summed E-state index contributed by atoms with van der Waals surface area (Å²) in [5.74, 6) is -1.42. The highest BCUT2D eigenvalue weighted by atomic mass is 16.4. The van der Waals surface area contributed by atoms with E-state index in [1.54, 1.807) is 0 Å². The Kier molecular flexibility index (Phi) is 7.44. The van der Waals surface area contributed by atoms with Gasteiger partial charge in [-0.25, -0.2) is 0 Å². The number of nitrogens with zero attached hydrogens (tertiary/aromatic N) is 3. The van der Waals surface area contributed by atoms with Crippen molar-refractivity contribution in [2.24, 2.45) is 5.11 Å². The SMILES string of the molecule is [N-]=[N+]=NCCC(=O)CCC(=O)CCC(=O)O. The third-order valence-corrected chi connectivity index (χ3v) is 1.85. The molecule has 0 heterocycles. The van der Waals surface area contributed by atoms with Gasteiger partial charge in [-0.15, -0.1) is 0 Å². The van der Waals surface area contributed by atoms with Crippen LogP contribution in [0.5, 0.6) is 0 Å². The van der Waals surface area contributed by atoms with Gasteiger partial charge in [0, 0.05) is 37.1 Å². The molecule has 0 radical (unpaired) electrons. The largest absolute Gasteiger partial charge is 0.481 e. The van der Waals surface area contributed by atoms with Crippen LogP contribution in [0.3, 0.4) is 0 Å². The van der Waals surface area contributed by atoms with Crippen molar-refractivity contribution in [2.75, 3.05) is 6.54 Å². The molecular formula is C9H13N3O4. The lowest BCUT2D eigenvalue weighted by atomic mass is 10.1. The van der Waals surface area contributed by atoms with Crippen molar-refractivity contribution in [1.82, 2.24) is 0 Å². The number of ketones is 2. The number of carbonyl (C=O) groups is 3. The van der Waals surface area contributed by atoms with Gasteiger partial charge in [-0.05, 0) is 5.53 Å². The highest BCUT2D eigenvalue weighted by molar-refractivity contribution is 5.87. The average molecular weight is 227 g/mol. The Morgan fingerprint density at radius 3 is 2.00 bits per heavy atom. The van der Waals surface area contributed by atoms with Crippen molar-refractivity contribution in [3.63, 3.8) is 0 Å². The second-order valence-corrected chi connectivity index (χ2v) is 3.18. The third kappa shape index (κ3) is 8.71. The van der Waals surface area contributed by atoms with Crippen molar-refractivity contribution < 1.29 is 19.5 Å². The van der Waals surface area contributed by atoms with Gasteiger partial charge in [-0.1, -0.05) is 5.11 Å². The van der Waals surface area contributed by atoms with Crippen LogP contribution >= 0.6 is 0 Å². The van der Waals surface area contributed by atoms with Crippen LogP contribution in [0.15, 0.2) is 5.11 Å². The number of carboxylic acid groups (broad SMARTS) is 1. The number of Topliss-reactive ketones (excluding diaryl/α,β-unsaturated/α-hetero) is 2. The fourth-order valence-electron chi connectivity index (χ4n) is 0.995. The normalized spacial score (nSPS) is 9.25. The van der Waals surface area contributed by atoms with Gasteiger partial charge >= 0.3 is 5.97 Å². The molecule has 0 spiro atoms. The molecule has 7 nitrogen and oxygen atoms in total. The van der Waals surface area contributed by atoms with Crippen LogP contribution in [0.4, 0.5) is 0 Å². The van der Waals surface area contributed by atoms with Gasteiger partial charge in [-0.3, -0.25) is 14.4 Å². The molecule has 0 bridgehead atoms. The van der Waals surface area contributed by atoms with Gasteiger partial charge < -0.3 is 5.11 Å². The number of aliphatic carboxylic acids is 1. The Labute approximate surface area is 92.1 Å². The van der Waals surface area contributed by atoms with Crippen molar-refractivity contribution in [3.8, 4) is 0 Å². The first-order valence-electron chi connectivity index (χ1n) is 4.82. The van der Waals surface area contributed by atoms with E-state index in [1.807, 2.05) is 0 Å². The van der Waals surface area contributed by atoms with Crippen molar-refractivity contribution >= 4 is 17.5 Å². The first-order valence-corrected chi connectivity index (χ1v) is 4.82. The molecule has 7 heteroatoms. The summed E-state index contributed by atoms with van der Waals surface area (Å²) in [6, 6.07) is 0. The number of hydrogen-bond acceptors (Lipinski definition) is 4. The molecule has 0 rings (SSSR count). The van der Waals surface area contributed by atoms with E-state index >= 15 is 0 Å². The minimum absolute atomic E-state index is 0.0427. The molecule has 0 aliphatic rings. The maximum absolute atomic E-state index is 11.1. The zero-order chi connectivity index (χ0) is 12.4. The molecule has 0 aliphatic carbocycles. The second-order valence-electron chi connectivity index (χ2n) is 3.18. The van der Waals surface area contributed by atoms with Gasteiger partial charge in [0.05, 0.1) is 6.42 Å². The number of carbonyl (C=O) groups excluding carboxylic acids is 2. The topological polar surface area (TPSA) is 120 Å². The van der Waals surface area contributed by atoms with E-state index in [1.165, 1.54) is 0 Å². The van der Waals surface area contributed by atoms with Crippen LogP contribution in [-0.2, 0) is 14.4 Å². The lowest BCUT2D eigenvalue weighted by Crippen LogP contribution is -2.07. The van der Waals surface area contributed by atoms with Gasteiger partial charge in [0.15, 0.2) is 0 Å². The zero-order valence-electron chi connectivity index (χ0n) is 8.76. The highest BCUT2D eigenvalue weighted by Gasteiger charge is 2.08. The molecule has 0 unspecified atom stereocenters. The first kappa shape index (κ1) is 14.1. The smallest absolute Gasteiger partial charge is 0.303 e. The Balaban J connectivity index is 3.62. The Bertz CT molecular complexity index is 303. The number of hydrogen-bond donors (Lipinski definition) is 1. The van der Waals surface area contributed by atoms with Crippen LogP contribution in [0.1, 0.15) is 32.1 Å². The molecule has 0 aliphatic heterocycles. The molecule has 0 aromatic heterocycles. The van der Waals surface area contributed by atoms with Crippen molar-refractivity contribution in [1.29, 1.82) is 0 Å². The standard InChI is InChI=1S/C9H13N3O4/c10-12-11-6-5-8(14)2-1-7(13)3-4-9(15)16/h1-6H2,(H,15,16). The van der Waals surface area contributed by atoms with E-state index in [-0.39, 0.29) is 50.2 Å². The van der Waals surface area contributed by atoms with Crippen LogP contribution in [-0.4, -0.2) is 29.2 Å². The van der Waals surface area contributed by atoms with Gasteiger partial charge in [0.1, 0.15) is 11.6 Å². The lowest BCUT2D eigenvalue weighted by molar-refractivity contribution is -0.138.